The highest BCUT2D eigenvalue weighted by Crippen LogP contribution is 2.13. The molecule has 3 heterocycles. The van der Waals surface area contributed by atoms with Gasteiger partial charge in [-0.25, -0.2) is 9.97 Å². The average Bonchev–Trinajstić information content (AvgIpc) is 3.30. The zero-order chi connectivity index (χ0) is 17.1. The first-order chi connectivity index (χ1) is 12.3. The van der Waals surface area contributed by atoms with Gasteiger partial charge in [-0.05, 0) is 31.0 Å². The number of aromatic nitrogens is 3. The Bertz CT molecular complexity index is 878. The molecule has 1 aromatic carbocycles. The van der Waals surface area contributed by atoms with E-state index in [2.05, 4.69) is 32.7 Å². The van der Waals surface area contributed by atoms with Crippen LogP contribution < -0.4 is 10.6 Å². The molecule has 1 fully saturated rings. The van der Waals surface area contributed by atoms with Crippen molar-refractivity contribution in [2.45, 2.75) is 25.4 Å². The molecule has 0 unspecified atom stereocenters. The van der Waals surface area contributed by atoms with E-state index in [1.165, 1.54) is 5.56 Å². The maximum atomic E-state index is 12.3. The van der Waals surface area contributed by atoms with Crippen molar-refractivity contribution in [3.8, 4) is 0 Å². The Labute approximate surface area is 170 Å². The van der Waals surface area contributed by atoms with E-state index < -0.39 is 0 Å². The molecule has 0 bridgehead atoms. The van der Waals surface area contributed by atoms with Crippen LogP contribution in [0.2, 0.25) is 0 Å². The van der Waals surface area contributed by atoms with Gasteiger partial charge in [-0.15, -0.1) is 24.8 Å². The lowest BCUT2D eigenvalue weighted by molar-refractivity contribution is 0.0940. The summed E-state index contributed by atoms with van der Waals surface area (Å²) in [6.45, 7) is 2.59. The van der Waals surface area contributed by atoms with Crippen LogP contribution in [0.15, 0.2) is 48.9 Å². The van der Waals surface area contributed by atoms with Crippen LogP contribution >= 0.6 is 24.8 Å². The minimum Gasteiger partial charge on any atom is -0.348 e. The number of imidazole rings is 1. The lowest BCUT2D eigenvalue weighted by atomic mass is 10.1. The molecular weight excluding hydrogens is 385 g/mol. The van der Waals surface area contributed by atoms with E-state index in [0.29, 0.717) is 5.56 Å². The van der Waals surface area contributed by atoms with Gasteiger partial charge in [-0.2, -0.15) is 0 Å². The van der Waals surface area contributed by atoms with Gasteiger partial charge in [0.05, 0.1) is 11.9 Å². The number of carbonyl (C=O) groups is 1. The van der Waals surface area contributed by atoms with Gasteiger partial charge in [0.25, 0.3) is 5.91 Å². The van der Waals surface area contributed by atoms with Crippen LogP contribution in [0.3, 0.4) is 0 Å². The number of halogens is 2. The van der Waals surface area contributed by atoms with Crippen LogP contribution in [0.5, 0.6) is 0 Å². The molecule has 4 rings (SSSR count). The highest BCUT2D eigenvalue weighted by Gasteiger charge is 2.18. The van der Waals surface area contributed by atoms with Crippen LogP contribution in [0.25, 0.3) is 11.2 Å². The maximum Gasteiger partial charge on any atom is 0.253 e. The number of nitrogens with one attached hydrogen (secondary N) is 2. The van der Waals surface area contributed by atoms with Crippen molar-refractivity contribution in [3.05, 3.63) is 60.0 Å². The molecule has 1 aliphatic rings. The van der Waals surface area contributed by atoms with Crippen molar-refractivity contribution < 1.29 is 4.79 Å². The van der Waals surface area contributed by atoms with Crippen LogP contribution in [0, 0.1) is 0 Å². The lowest BCUT2D eigenvalue weighted by Gasteiger charge is -2.11. The normalized spacial score (nSPS) is 15.8. The molecule has 0 saturated carbocycles. The molecule has 27 heavy (non-hydrogen) atoms. The summed E-state index contributed by atoms with van der Waals surface area (Å²) in [5.41, 5.74) is 3.42. The van der Waals surface area contributed by atoms with Gasteiger partial charge in [0, 0.05) is 25.3 Å². The van der Waals surface area contributed by atoms with Crippen molar-refractivity contribution in [2.75, 3.05) is 13.1 Å². The van der Waals surface area contributed by atoms with Crippen molar-refractivity contribution in [1.82, 2.24) is 25.2 Å². The van der Waals surface area contributed by atoms with Crippen molar-refractivity contribution >= 4 is 41.9 Å². The summed E-state index contributed by atoms with van der Waals surface area (Å²) >= 11 is 0. The number of aryl methyl sites for hydroxylation is 2. The second kappa shape index (κ2) is 9.69. The molecule has 1 saturated heterocycles. The lowest BCUT2D eigenvalue weighted by Crippen LogP contribution is -2.36. The molecule has 3 aromatic rings. The number of rotatable bonds is 5. The molecule has 1 aliphatic heterocycles. The summed E-state index contributed by atoms with van der Waals surface area (Å²) in [7, 11) is 0. The molecular formula is C19H23Cl2N5O. The predicted octanol–water partition coefficient (Wildman–Crippen LogP) is 2.61. The molecule has 144 valence electrons. The summed E-state index contributed by atoms with van der Waals surface area (Å²) < 4.78 is 2.03. The Morgan fingerprint density at radius 1 is 1.22 bits per heavy atom. The zero-order valence-corrected chi connectivity index (χ0v) is 16.4. The van der Waals surface area contributed by atoms with Gasteiger partial charge in [0.1, 0.15) is 5.52 Å². The Balaban J connectivity index is 0.00000131. The van der Waals surface area contributed by atoms with E-state index in [1.54, 1.807) is 12.5 Å². The summed E-state index contributed by atoms with van der Waals surface area (Å²) in [6.07, 6.45) is 5.32. The Kier molecular flexibility index (Phi) is 7.59. The van der Waals surface area contributed by atoms with Gasteiger partial charge in [0.2, 0.25) is 0 Å². The fourth-order valence-electron chi connectivity index (χ4n) is 3.18. The van der Waals surface area contributed by atoms with Gasteiger partial charge in [0.15, 0.2) is 5.65 Å². The molecule has 0 aliphatic carbocycles. The van der Waals surface area contributed by atoms with Crippen molar-refractivity contribution in [3.63, 3.8) is 0 Å². The van der Waals surface area contributed by atoms with E-state index in [1.807, 2.05) is 28.8 Å². The van der Waals surface area contributed by atoms with Crippen LogP contribution in [-0.2, 0) is 13.0 Å². The number of pyridine rings is 1. The number of hydrogen-bond acceptors (Lipinski definition) is 4. The molecule has 0 spiro atoms. The average molecular weight is 408 g/mol. The van der Waals surface area contributed by atoms with Gasteiger partial charge in [-0.3, -0.25) is 4.79 Å². The summed E-state index contributed by atoms with van der Waals surface area (Å²) in [5, 5.41) is 6.28. The van der Waals surface area contributed by atoms with E-state index in [4.69, 9.17) is 0 Å². The smallest absolute Gasteiger partial charge is 0.253 e. The number of benzene rings is 1. The van der Waals surface area contributed by atoms with E-state index >= 15 is 0 Å². The number of fused-ring (bicyclic) bond motifs is 1. The first-order valence-corrected chi connectivity index (χ1v) is 8.66. The Morgan fingerprint density at radius 3 is 2.78 bits per heavy atom. The first kappa shape index (κ1) is 21.2. The Hall–Kier alpha value is -2.15. The molecule has 6 nitrogen and oxygen atoms in total. The highest BCUT2D eigenvalue weighted by atomic mass is 35.5. The second-order valence-electron chi connectivity index (χ2n) is 6.40. The number of carbonyl (C=O) groups excluding carboxylic acids is 1. The van der Waals surface area contributed by atoms with Crippen molar-refractivity contribution in [2.24, 2.45) is 0 Å². The summed E-state index contributed by atoms with van der Waals surface area (Å²) in [5.74, 6) is -0.0815. The highest BCUT2D eigenvalue weighted by molar-refractivity contribution is 5.96. The molecule has 1 atom stereocenters. The third kappa shape index (κ3) is 4.97. The topological polar surface area (TPSA) is 71.8 Å². The minimum absolute atomic E-state index is 0. The van der Waals surface area contributed by atoms with E-state index in [0.717, 1.165) is 43.6 Å². The standard InChI is InChI=1S/C19H21N5O.2ClH/c25-19(23-16-6-8-20-12-16)15-10-17-18(21-11-15)24(13-22-17)9-7-14-4-2-1-3-5-14;;/h1-5,10-11,13,16,20H,6-9,12H2,(H,23,25);2*1H/t16-;;/m0../s1. The fourth-order valence-corrected chi connectivity index (χ4v) is 3.18. The van der Waals surface area contributed by atoms with Crippen LogP contribution in [0.4, 0.5) is 0 Å². The second-order valence-corrected chi connectivity index (χ2v) is 6.40. The van der Waals surface area contributed by atoms with E-state index in [9.17, 15) is 4.79 Å². The SMILES string of the molecule is Cl.Cl.O=C(N[C@H]1CCNC1)c1cnc2c(c1)ncn2CCc1ccccc1. The largest absolute Gasteiger partial charge is 0.348 e. The zero-order valence-electron chi connectivity index (χ0n) is 14.8. The van der Waals surface area contributed by atoms with Crippen LogP contribution in [0.1, 0.15) is 22.3 Å². The molecule has 0 radical (unpaired) electrons. The molecule has 2 N–H and O–H groups in total. The first-order valence-electron chi connectivity index (χ1n) is 8.66. The summed E-state index contributed by atoms with van der Waals surface area (Å²) in [4.78, 5) is 21.2. The summed E-state index contributed by atoms with van der Waals surface area (Å²) in [6, 6.07) is 12.4. The monoisotopic (exact) mass is 407 g/mol. The molecule has 1 amide bonds. The fraction of sp³-hybridized carbons (Fsp3) is 0.316. The molecule has 8 heteroatoms. The third-order valence-electron chi connectivity index (χ3n) is 4.60. The molecule has 2 aromatic heterocycles. The maximum absolute atomic E-state index is 12.3. The Morgan fingerprint density at radius 2 is 2.04 bits per heavy atom. The third-order valence-corrected chi connectivity index (χ3v) is 4.60. The van der Waals surface area contributed by atoms with Gasteiger partial charge in [-0.1, -0.05) is 30.3 Å². The van der Waals surface area contributed by atoms with Crippen molar-refractivity contribution in [1.29, 1.82) is 0 Å². The van der Waals surface area contributed by atoms with E-state index in [-0.39, 0.29) is 36.8 Å². The number of amides is 1. The van der Waals surface area contributed by atoms with Gasteiger partial charge >= 0.3 is 0 Å². The predicted molar refractivity (Wildman–Crippen MR) is 111 cm³/mol. The minimum atomic E-state index is -0.0815. The van der Waals surface area contributed by atoms with Crippen LogP contribution in [-0.4, -0.2) is 39.6 Å². The number of hydrogen-bond donors (Lipinski definition) is 2. The number of nitrogens with zero attached hydrogens (tertiary/aromatic N) is 3. The quantitative estimate of drug-likeness (QED) is 0.681. The van der Waals surface area contributed by atoms with Gasteiger partial charge < -0.3 is 15.2 Å².